The Kier molecular flexibility index (Phi) is 6.70. The van der Waals surface area contributed by atoms with Gasteiger partial charge in [-0.3, -0.25) is 0 Å². The zero-order valence-corrected chi connectivity index (χ0v) is 11.5. The molecule has 0 radical (unpaired) electrons. The Labute approximate surface area is 110 Å². The van der Waals surface area contributed by atoms with Gasteiger partial charge < -0.3 is 9.84 Å². The first-order chi connectivity index (χ1) is 8.13. The third-order valence-corrected chi connectivity index (χ3v) is 3.27. The summed E-state index contributed by atoms with van der Waals surface area (Å²) in [5.41, 5.74) is 0.800. The predicted molar refractivity (Wildman–Crippen MR) is 69.5 cm³/mol. The average molecular weight is 305 g/mol. The molecule has 0 saturated heterocycles. The summed E-state index contributed by atoms with van der Waals surface area (Å²) in [5, 5.41) is 9.82. The van der Waals surface area contributed by atoms with Crippen LogP contribution in [-0.2, 0) is 11.2 Å². The molecule has 0 aromatic heterocycles. The molecular formula is C13H18BrFO2. The lowest BCUT2D eigenvalue weighted by atomic mass is 10.0. The summed E-state index contributed by atoms with van der Waals surface area (Å²) < 4.78 is 19.1. The number of rotatable bonds is 7. The molecule has 0 aliphatic carbocycles. The summed E-state index contributed by atoms with van der Waals surface area (Å²) in [6.07, 6.45) is 1.50. The molecule has 17 heavy (non-hydrogen) atoms. The number of halogens is 2. The Morgan fingerprint density at radius 1 is 1.47 bits per heavy atom. The quantitative estimate of drug-likeness (QED) is 0.783. The van der Waals surface area contributed by atoms with Crippen molar-refractivity contribution in [1.29, 1.82) is 0 Å². The third-order valence-electron chi connectivity index (χ3n) is 2.49. The molecule has 1 aromatic carbocycles. The third kappa shape index (κ3) is 5.61. The highest BCUT2D eigenvalue weighted by molar-refractivity contribution is 9.10. The lowest BCUT2D eigenvalue weighted by molar-refractivity contribution is 0.114. The molecule has 2 nitrogen and oxygen atoms in total. The lowest BCUT2D eigenvalue weighted by Gasteiger charge is -2.12. The Hall–Kier alpha value is -0.450. The topological polar surface area (TPSA) is 29.5 Å². The monoisotopic (exact) mass is 304 g/mol. The number of ether oxygens (including phenoxy) is 1. The second-order valence-corrected chi connectivity index (χ2v) is 4.79. The Bertz CT molecular complexity index is 344. The van der Waals surface area contributed by atoms with E-state index in [0.29, 0.717) is 26.1 Å². The summed E-state index contributed by atoms with van der Waals surface area (Å²) in [4.78, 5) is 0. The zero-order valence-electron chi connectivity index (χ0n) is 9.96. The van der Waals surface area contributed by atoms with E-state index in [9.17, 15) is 9.50 Å². The van der Waals surface area contributed by atoms with Crippen LogP contribution in [0.1, 0.15) is 25.3 Å². The van der Waals surface area contributed by atoms with Crippen LogP contribution in [0.25, 0.3) is 0 Å². The fourth-order valence-corrected chi connectivity index (χ4v) is 2.03. The second-order valence-electron chi connectivity index (χ2n) is 3.93. The van der Waals surface area contributed by atoms with Gasteiger partial charge in [0.05, 0.1) is 6.10 Å². The first kappa shape index (κ1) is 14.6. The van der Waals surface area contributed by atoms with Crippen LogP contribution in [0.3, 0.4) is 0 Å². The fourth-order valence-electron chi connectivity index (χ4n) is 1.62. The molecule has 1 rings (SSSR count). The maximum atomic E-state index is 13.0. The molecule has 1 unspecified atom stereocenters. The highest BCUT2D eigenvalue weighted by atomic mass is 79.9. The molecule has 0 bridgehead atoms. The lowest BCUT2D eigenvalue weighted by Crippen LogP contribution is -2.12. The van der Waals surface area contributed by atoms with E-state index in [1.165, 1.54) is 12.1 Å². The molecule has 0 heterocycles. The maximum Gasteiger partial charge on any atom is 0.123 e. The summed E-state index contributed by atoms with van der Waals surface area (Å²) in [5.74, 6) is -0.273. The maximum absolute atomic E-state index is 13.0. The molecular weight excluding hydrogens is 287 g/mol. The molecule has 0 fully saturated rings. The predicted octanol–water partition coefficient (Wildman–Crippen LogP) is 3.31. The summed E-state index contributed by atoms with van der Waals surface area (Å²) in [6.45, 7) is 3.31. The van der Waals surface area contributed by atoms with Crippen LogP contribution in [0.15, 0.2) is 22.7 Å². The highest BCUT2D eigenvalue weighted by Crippen LogP contribution is 2.20. The van der Waals surface area contributed by atoms with Crippen molar-refractivity contribution in [3.63, 3.8) is 0 Å². The van der Waals surface area contributed by atoms with Gasteiger partial charge in [0.1, 0.15) is 5.82 Å². The number of aliphatic hydroxyl groups excluding tert-OH is 1. The van der Waals surface area contributed by atoms with E-state index in [-0.39, 0.29) is 5.82 Å². The van der Waals surface area contributed by atoms with E-state index in [4.69, 9.17) is 4.74 Å². The second kappa shape index (κ2) is 7.80. The molecule has 0 saturated carbocycles. The largest absolute Gasteiger partial charge is 0.393 e. The highest BCUT2D eigenvalue weighted by Gasteiger charge is 2.09. The Balaban J connectivity index is 2.39. The van der Waals surface area contributed by atoms with Crippen LogP contribution >= 0.6 is 15.9 Å². The fraction of sp³-hybridized carbons (Fsp3) is 0.538. The average Bonchev–Trinajstić information content (AvgIpc) is 2.29. The normalized spacial score (nSPS) is 12.7. The van der Waals surface area contributed by atoms with Gasteiger partial charge in [-0.15, -0.1) is 0 Å². The minimum absolute atomic E-state index is 0.273. The van der Waals surface area contributed by atoms with Crippen LogP contribution in [0.5, 0.6) is 0 Å². The van der Waals surface area contributed by atoms with Crippen LogP contribution in [0.2, 0.25) is 0 Å². The van der Waals surface area contributed by atoms with Gasteiger partial charge >= 0.3 is 0 Å². The zero-order chi connectivity index (χ0) is 12.7. The molecule has 0 spiro atoms. The SMILES string of the molecule is CCOCCCC(O)Cc1cc(F)ccc1Br. The van der Waals surface area contributed by atoms with Crippen molar-refractivity contribution in [3.05, 3.63) is 34.1 Å². The van der Waals surface area contributed by atoms with E-state index in [1.54, 1.807) is 6.07 Å². The number of hydrogen-bond acceptors (Lipinski definition) is 2. The van der Waals surface area contributed by atoms with Crippen LogP contribution in [-0.4, -0.2) is 24.4 Å². The first-order valence-corrected chi connectivity index (χ1v) is 6.62. The van der Waals surface area contributed by atoms with Gasteiger partial charge in [0.2, 0.25) is 0 Å². The first-order valence-electron chi connectivity index (χ1n) is 5.83. The number of hydrogen-bond donors (Lipinski definition) is 1. The molecule has 1 aromatic rings. The van der Waals surface area contributed by atoms with E-state index < -0.39 is 6.10 Å². The van der Waals surface area contributed by atoms with Gasteiger partial charge in [-0.1, -0.05) is 15.9 Å². The number of aliphatic hydroxyl groups is 1. The van der Waals surface area contributed by atoms with Gasteiger partial charge in [-0.2, -0.15) is 0 Å². The van der Waals surface area contributed by atoms with Gasteiger partial charge in [0.15, 0.2) is 0 Å². The summed E-state index contributed by atoms with van der Waals surface area (Å²) in [6, 6.07) is 4.52. The van der Waals surface area contributed by atoms with Crippen LogP contribution in [0.4, 0.5) is 4.39 Å². The standard InChI is InChI=1S/C13H18BrFO2/c1-2-17-7-3-4-12(16)9-10-8-11(15)5-6-13(10)14/h5-6,8,12,16H,2-4,7,9H2,1H3. The van der Waals surface area contributed by atoms with E-state index in [2.05, 4.69) is 15.9 Å². The smallest absolute Gasteiger partial charge is 0.123 e. The summed E-state index contributed by atoms with van der Waals surface area (Å²) >= 11 is 3.35. The molecule has 4 heteroatoms. The molecule has 0 amide bonds. The van der Waals surface area contributed by atoms with E-state index >= 15 is 0 Å². The van der Waals surface area contributed by atoms with Gasteiger partial charge in [-0.05, 0) is 49.9 Å². The molecule has 1 atom stereocenters. The number of benzene rings is 1. The Morgan fingerprint density at radius 3 is 2.94 bits per heavy atom. The van der Waals surface area contributed by atoms with Crippen LogP contribution < -0.4 is 0 Å². The van der Waals surface area contributed by atoms with E-state index in [0.717, 1.165) is 16.5 Å². The van der Waals surface area contributed by atoms with Gasteiger partial charge in [0, 0.05) is 17.7 Å². The van der Waals surface area contributed by atoms with Gasteiger partial charge in [0.25, 0.3) is 0 Å². The van der Waals surface area contributed by atoms with Crippen molar-refractivity contribution in [2.24, 2.45) is 0 Å². The molecule has 96 valence electrons. The van der Waals surface area contributed by atoms with Crippen molar-refractivity contribution in [2.45, 2.75) is 32.3 Å². The van der Waals surface area contributed by atoms with Gasteiger partial charge in [-0.25, -0.2) is 4.39 Å². The van der Waals surface area contributed by atoms with Crippen molar-refractivity contribution in [1.82, 2.24) is 0 Å². The van der Waals surface area contributed by atoms with E-state index in [1.807, 2.05) is 6.92 Å². The van der Waals surface area contributed by atoms with Crippen molar-refractivity contribution in [2.75, 3.05) is 13.2 Å². The minimum Gasteiger partial charge on any atom is -0.393 e. The minimum atomic E-state index is -0.450. The van der Waals surface area contributed by atoms with Crippen molar-refractivity contribution >= 4 is 15.9 Å². The van der Waals surface area contributed by atoms with Crippen molar-refractivity contribution in [3.8, 4) is 0 Å². The Morgan fingerprint density at radius 2 is 2.24 bits per heavy atom. The molecule has 0 aliphatic rings. The molecule has 0 aliphatic heterocycles. The molecule has 1 N–H and O–H groups in total. The van der Waals surface area contributed by atoms with Crippen molar-refractivity contribution < 1.29 is 14.2 Å². The summed E-state index contributed by atoms with van der Waals surface area (Å²) in [7, 11) is 0. The van der Waals surface area contributed by atoms with Crippen LogP contribution in [0, 0.1) is 5.82 Å².